The summed E-state index contributed by atoms with van der Waals surface area (Å²) in [6, 6.07) is 8.58. The van der Waals surface area contributed by atoms with Gasteiger partial charge in [-0.1, -0.05) is 30.3 Å². The summed E-state index contributed by atoms with van der Waals surface area (Å²) in [7, 11) is 1.02. The molecule has 0 radical (unpaired) electrons. The Labute approximate surface area is 168 Å². The lowest BCUT2D eigenvalue weighted by Gasteiger charge is -2.20. The number of halogens is 2. The van der Waals surface area contributed by atoms with Crippen LogP contribution in [0.3, 0.4) is 0 Å². The fourth-order valence-corrected chi connectivity index (χ4v) is 3.54. The number of methoxy groups -OCH3 is 1. The fraction of sp³-hybridized carbons (Fsp3) is 0.200. The summed E-state index contributed by atoms with van der Waals surface area (Å²) in [6.45, 7) is 1.59. The van der Waals surface area contributed by atoms with Crippen LogP contribution in [0, 0.1) is 21.7 Å². The van der Waals surface area contributed by atoms with Crippen molar-refractivity contribution in [2.45, 2.75) is 19.9 Å². The van der Waals surface area contributed by atoms with Gasteiger partial charge in [-0.05, 0) is 12.5 Å². The minimum atomic E-state index is -1.89. The Balaban J connectivity index is 2.62. The topological polar surface area (TPSA) is 112 Å². The molecular weight excluding hydrogens is 402 g/mol. The van der Waals surface area contributed by atoms with E-state index in [1.807, 2.05) is 0 Å². The van der Waals surface area contributed by atoms with Crippen LogP contribution in [0.25, 0.3) is 10.9 Å². The van der Waals surface area contributed by atoms with Crippen molar-refractivity contribution in [2.75, 3.05) is 7.11 Å². The molecule has 1 aromatic heterocycles. The quantitative estimate of drug-likeness (QED) is 0.484. The van der Waals surface area contributed by atoms with Crippen molar-refractivity contribution >= 4 is 22.6 Å². The molecule has 2 aromatic carbocycles. The zero-order chi connectivity index (χ0) is 22.2. The molecule has 8 nitrogen and oxygen atoms in total. The number of carboxylic acid groups (broad SMARTS) is 1. The van der Waals surface area contributed by atoms with E-state index in [2.05, 4.69) is 0 Å². The Morgan fingerprint density at radius 2 is 1.87 bits per heavy atom. The summed E-state index contributed by atoms with van der Waals surface area (Å²) >= 11 is 0. The molecule has 3 rings (SSSR count). The van der Waals surface area contributed by atoms with Gasteiger partial charge in [0.05, 0.1) is 12.0 Å². The third kappa shape index (κ3) is 3.15. The predicted molar refractivity (Wildman–Crippen MR) is 103 cm³/mol. The van der Waals surface area contributed by atoms with E-state index in [0.717, 1.165) is 7.11 Å². The number of ether oxygens (including phenoxy) is 1. The van der Waals surface area contributed by atoms with E-state index in [4.69, 9.17) is 4.74 Å². The number of nitro groups is 1. The third-order valence-electron chi connectivity index (χ3n) is 4.76. The van der Waals surface area contributed by atoms with E-state index < -0.39 is 50.3 Å². The molecule has 0 fully saturated rings. The Kier molecular flexibility index (Phi) is 5.50. The molecule has 30 heavy (non-hydrogen) atoms. The van der Waals surface area contributed by atoms with Crippen molar-refractivity contribution in [1.82, 2.24) is 4.57 Å². The summed E-state index contributed by atoms with van der Waals surface area (Å²) in [5.41, 5.74) is -3.18. The summed E-state index contributed by atoms with van der Waals surface area (Å²) in [4.78, 5) is 35.2. The smallest absolute Gasteiger partial charge is 0.341 e. The molecule has 0 aliphatic heterocycles. The van der Waals surface area contributed by atoms with E-state index in [9.17, 15) is 33.6 Å². The van der Waals surface area contributed by atoms with Crippen molar-refractivity contribution in [3.63, 3.8) is 0 Å². The Morgan fingerprint density at radius 3 is 2.37 bits per heavy atom. The monoisotopic (exact) mass is 418 g/mol. The van der Waals surface area contributed by atoms with Crippen LogP contribution in [-0.4, -0.2) is 27.7 Å². The van der Waals surface area contributed by atoms with Gasteiger partial charge in [0.15, 0.2) is 5.75 Å². The van der Waals surface area contributed by atoms with Gasteiger partial charge in [-0.3, -0.25) is 14.9 Å². The highest BCUT2D eigenvalue weighted by atomic mass is 19.2. The number of pyridine rings is 1. The number of fused-ring (bicyclic) bond motifs is 1. The van der Waals surface area contributed by atoms with Crippen molar-refractivity contribution in [1.29, 1.82) is 0 Å². The van der Waals surface area contributed by atoms with Gasteiger partial charge in [0.2, 0.25) is 17.1 Å². The maximum absolute atomic E-state index is 14.6. The third-order valence-corrected chi connectivity index (χ3v) is 4.76. The van der Waals surface area contributed by atoms with Crippen molar-refractivity contribution < 1.29 is 28.3 Å². The van der Waals surface area contributed by atoms with Gasteiger partial charge < -0.3 is 14.4 Å². The van der Waals surface area contributed by atoms with Gasteiger partial charge >= 0.3 is 11.7 Å². The molecular formula is C20H16F2N2O6. The number of aryl methyl sites for hydroxylation is 1. The Bertz CT molecular complexity index is 1240. The van der Waals surface area contributed by atoms with Crippen molar-refractivity contribution in [3.05, 3.63) is 79.1 Å². The molecule has 0 amide bonds. The molecule has 1 N–H and O–H groups in total. The fourth-order valence-electron chi connectivity index (χ4n) is 3.54. The minimum Gasteiger partial charge on any atom is -0.491 e. The molecule has 3 aromatic rings. The summed E-state index contributed by atoms with van der Waals surface area (Å²) in [6.07, 6.45) is -0.0303. The van der Waals surface area contributed by atoms with Crippen LogP contribution >= 0.6 is 0 Å². The number of nitro benzene ring substituents is 1. The molecule has 0 aliphatic carbocycles. The second-order valence-electron chi connectivity index (χ2n) is 6.35. The molecule has 0 spiro atoms. The number of benzene rings is 2. The standard InChI is InChI=1S/C20H16F2N2O6/c1-3-23-11(9-10-7-5-4-6-8-10)12(20(26)27)18(25)13-16(24(28)29)14(21)15(22)19(30-2)17(13)23/h4-8H,3,9H2,1-2H3,(H,26,27). The molecule has 156 valence electrons. The van der Waals surface area contributed by atoms with E-state index in [0.29, 0.717) is 5.56 Å². The molecule has 10 heteroatoms. The van der Waals surface area contributed by atoms with Crippen LogP contribution in [0.2, 0.25) is 0 Å². The lowest BCUT2D eigenvalue weighted by molar-refractivity contribution is -0.386. The van der Waals surface area contributed by atoms with E-state index in [1.165, 1.54) is 4.57 Å². The van der Waals surface area contributed by atoms with Crippen LogP contribution in [0.1, 0.15) is 28.5 Å². The molecule has 0 unspecified atom stereocenters. The molecule has 0 aliphatic rings. The zero-order valence-corrected chi connectivity index (χ0v) is 15.9. The molecule has 1 heterocycles. The van der Waals surface area contributed by atoms with Crippen molar-refractivity contribution in [2.24, 2.45) is 0 Å². The van der Waals surface area contributed by atoms with Crippen LogP contribution < -0.4 is 10.2 Å². The van der Waals surface area contributed by atoms with Gasteiger partial charge in [0, 0.05) is 18.7 Å². The van der Waals surface area contributed by atoms with Crippen LogP contribution in [0.5, 0.6) is 5.75 Å². The largest absolute Gasteiger partial charge is 0.491 e. The first-order valence-electron chi connectivity index (χ1n) is 8.80. The molecule has 0 atom stereocenters. The number of carboxylic acids is 1. The minimum absolute atomic E-state index is 0.00712. The predicted octanol–water partition coefficient (Wildman–Crippen LogP) is 3.51. The number of carbonyl (C=O) groups is 1. The Hall–Kier alpha value is -3.82. The summed E-state index contributed by atoms with van der Waals surface area (Å²) in [5.74, 6) is -5.87. The lowest BCUT2D eigenvalue weighted by Crippen LogP contribution is -2.26. The second kappa shape index (κ2) is 7.90. The van der Waals surface area contributed by atoms with E-state index in [1.54, 1.807) is 37.3 Å². The molecule has 0 saturated carbocycles. The number of hydrogen-bond donors (Lipinski definition) is 1. The highest BCUT2D eigenvalue weighted by Crippen LogP contribution is 2.38. The highest BCUT2D eigenvalue weighted by Gasteiger charge is 2.35. The van der Waals surface area contributed by atoms with E-state index >= 15 is 0 Å². The van der Waals surface area contributed by atoms with Gasteiger partial charge in [-0.25, -0.2) is 4.79 Å². The second-order valence-corrected chi connectivity index (χ2v) is 6.35. The normalized spacial score (nSPS) is 10.9. The maximum atomic E-state index is 14.6. The summed E-state index contributed by atoms with van der Waals surface area (Å²) in [5, 5.41) is 20.3. The van der Waals surface area contributed by atoms with Crippen LogP contribution in [0.4, 0.5) is 14.5 Å². The van der Waals surface area contributed by atoms with Gasteiger partial charge in [-0.2, -0.15) is 8.78 Å². The first-order chi connectivity index (χ1) is 14.2. The summed E-state index contributed by atoms with van der Waals surface area (Å²) < 4.78 is 35.2. The average Bonchev–Trinajstić information content (AvgIpc) is 2.70. The SMILES string of the molecule is CCn1c(Cc2ccccc2)c(C(=O)O)c(=O)c2c([N+](=O)[O-])c(F)c(F)c(OC)c21. The molecule has 0 bridgehead atoms. The number of aromatic nitrogens is 1. The lowest BCUT2D eigenvalue weighted by atomic mass is 9.99. The average molecular weight is 418 g/mol. The highest BCUT2D eigenvalue weighted by molar-refractivity contribution is 6.00. The number of hydrogen-bond acceptors (Lipinski definition) is 5. The maximum Gasteiger partial charge on any atom is 0.341 e. The first-order valence-corrected chi connectivity index (χ1v) is 8.80. The number of aromatic carboxylic acids is 1. The number of nitrogens with zero attached hydrogens (tertiary/aromatic N) is 2. The first kappa shape index (κ1) is 20.9. The zero-order valence-electron chi connectivity index (χ0n) is 15.9. The molecule has 0 saturated heterocycles. The van der Waals surface area contributed by atoms with Gasteiger partial charge in [0.25, 0.3) is 0 Å². The van der Waals surface area contributed by atoms with Crippen LogP contribution in [-0.2, 0) is 13.0 Å². The number of rotatable bonds is 6. The van der Waals surface area contributed by atoms with E-state index in [-0.39, 0.29) is 24.2 Å². The Morgan fingerprint density at radius 1 is 1.23 bits per heavy atom. The van der Waals surface area contributed by atoms with Crippen LogP contribution in [0.15, 0.2) is 35.1 Å². The van der Waals surface area contributed by atoms with Gasteiger partial charge in [0.1, 0.15) is 16.5 Å². The van der Waals surface area contributed by atoms with Crippen molar-refractivity contribution in [3.8, 4) is 5.75 Å². The van der Waals surface area contributed by atoms with Gasteiger partial charge in [-0.15, -0.1) is 0 Å².